The van der Waals surface area contributed by atoms with Gasteiger partial charge >= 0.3 is 0 Å². The molecule has 0 unspecified atom stereocenters. The molecule has 3 heteroatoms. The molecule has 0 atom stereocenters. The molecule has 0 bridgehead atoms. The molecule has 1 aromatic rings. The van der Waals surface area contributed by atoms with Crippen LogP contribution in [0.15, 0.2) is 16.6 Å². The molecule has 50 valence electrons. The van der Waals surface area contributed by atoms with Crippen LogP contribution < -0.4 is 5.46 Å². The quantitative estimate of drug-likeness (QED) is 0.509. The molecule has 0 aromatic heterocycles. The predicted octanol–water partition coefficient (Wildman–Crippen LogP) is 2.16. The van der Waals surface area contributed by atoms with Gasteiger partial charge in [0.05, 0.1) is 0 Å². The molecule has 0 heterocycles. The van der Waals surface area contributed by atoms with E-state index in [9.17, 15) is 0 Å². The van der Waals surface area contributed by atoms with Crippen molar-refractivity contribution in [3.8, 4) is 0 Å². The van der Waals surface area contributed by atoms with E-state index in [4.69, 9.17) is 7.85 Å². The van der Waals surface area contributed by atoms with Gasteiger partial charge in [-0.25, -0.2) is 0 Å². The molecule has 0 saturated carbocycles. The van der Waals surface area contributed by atoms with Gasteiger partial charge in [0.1, 0.15) is 7.85 Å². The summed E-state index contributed by atoms with van der Waals surface area (Å²) in [6.45, 7) is 2.02. The zero-order valence-electron chi connectivity index (χ0n) is 5.49. The smallest absolute Gasteiger partial charge is 0.0832 e. The molecule has 1 aromatic carbocycles. The average molecular weight is 307 g/mol. The maximum Gasteiger partial charge on any atom is 0.115 e. The fourth-order valence-corrected chi connectivity index (χ4v) is 1.92. The topological polar surface area (TPSA) is 0 Å². The lowest BCUT2D eigenvalue weighted by Gasteiger charge is -2.01. The Kier molecular flexibility index (Phi) is 2.80. The number of benzene rings is 1. The van der Waals surface area contributed by atoms with Crippen molar-refractivity contribution in [3.05, 3.63) is 25.7 Å². The van der Waals surface area contributed by atoms with Crippen LogP contribution in [-0.4, -0.2) is 7.85 Å². The summed E-state index contributed by atoms with van der Waals surface area (Å²) in [6.07, 6.45) is 0. The SMILES string of the molecule is [B]c1cc(C)c(Br)cc1I. The van der Waals surface area contributed by atoms with E-state index in [1.54, 1.807) is 0 Å². The van der Waals surface area contributed by atoms with Crippen LogP contribution in [-0.2, 0) is 0 Å². The monoisotopic (exact) mass is 306 g/mol. The lowest BCUT2D eigenvalue weighted by molar-refractivity contribution is 1.44. The number of halogens is 2. The number of aryl methyl sites for hydroxylation is 1. The number of rotatable bonds is 0. The second-order valence-corrected chi connectivity index (χ2v) is 4.14. The van der Waals surface area contributed by atoms with Crippen LogP contribution in [0, 0.1) is 10.5 Å². The summed E-state index contributed by atoms with van der Waals surface area (Å²) in [7, 11) is 5.66. The van der Waals surface area contributed by atoms with E-state index < -0.39 is 0 Å². The highest BCUT2D eigenvalue weighted by molar-refractivity contribution is 14.1. The van der Waals surface area contributed by atoms with Gasteiger partial charge in [0.25, 0.3) is 0 Å². The molecular formula is C7H5BBrI. The van der Waals surface area contributed by atoms with Crippen molar-refractivity contribution >= 4 is 51.8 Å². The third-order valence-corrected chi connectivity index (χ3v) is 3.07. The standard InChI is InChI=1S/C7H5BBrI/c1-4-2-5(8)7(10)3-6(4)9/h2-3H,1H3. The number of hydrogen-bond acceptors (Lipinski definition) is 0. The minimum absolute atomic E-state index is 0.848. The molecule has 0 fully saturated rings. The van der Waals surface area contributed by atoms with E-state index in [1.807, 2.05) is 19.1 Å². The fraction of sp³-hybridized carbons (Fsp3) is 0.143. The van der Waals surface area contributed by atoms with Crippen LogP contribution in [0.4, 0.5) is 0 Å². The highest BCUT2D eigenvalue weighted by Gasteiger charge is 1.97. The molecule has 0 nitrogen and oxygen atoms in total. The Labute approximate surface area is 84.1 Å². The first-order chi connectivity index (χ1) is 4.61. The van der Waals surface area contributed by atoms with Crippen LogP contribution in [0.3, 0.4) is 0 Å². The third kappa shape index (κ3) is 1.75. The molecular weight excluding hydrogens is 302 g/mol. The first-order valence-electron chi connectivity index (χ1n) is 2.82. The average Bonchev–Trinajstić information content (AvgIpc) is 1.84. The van der Waals surface area contributed by atoms with Crippen LogP contribution >= 0.6 is 38.5 Å². The van der Waals surface area contributed by atoms with Gasteiger partial charge in [0.2, 0.25) is 0 Å². The maximum atomic E-state index is 5.66. The van der Waals surface area contributed by atoms with Crippen molar-refractivity contribution in [1.82, 2.24) is 0 Å². The Hall–Kier alpha value is 0.495. The van der Waals surface area contributed by atoms with Gasteiger partial charge in [-0.3, -0.25) is 0 Å². The lowest BCUT2D eigenvalue weighted by Crippen LogP contribution is -2.07. The van der Waals surface area contributed by atoms with Crippen LogP contribution in [0.1, 0.15) is 5.56 Å². The molecule has 0 aliphatic heterocycles. The Morgan fingerprint density at radius 1 is 1.50 bits per heavy atom. The fourth-order valence-electron chi connectivity index (χ4n) is 0.680. The lowest BCUT2D eigenvalue weighted by atomic mass is 9.95. The first kappa shape index (κ1) is 8.59. The van der Waals surface area contributed by atoms with Crippen molar-refractivity contribution < 1.29 is 0 Å². The molecule has 0 aliphatic rings. The minimum Gasteiger partial charge on any atom is -0.0832 e. The largest absolute Gasteiger partial charge is 0.115 e. The highest BCUT2D eigenvalue weighted by Crippen LogP contribution is 2.16. The van der Waals surface area contributed by atoms with Crippen LogP contribution in [0.5, 0.6) is 0 Å². The zero-order chi connectivity index (χ0) is 7.72. The van der Waals surface area contributed by atoms with E-state index in [0.29, 0.717) is 0 Å². The van der Waals surface area contributed by atoms with E-state index >= 15 is 0 Å². The summed E-state index contributed by atoms with van der Waals surface area (Å²) in [5.41, 5.74) is 2.03. The number of hydrogen-bond donors (Lipinski definition) is 0. The van der Waals surface area contributed by atoms with Crippen molar-refractivity contribution in [2.24, 2.45) is 0 Å². The third-order valence-electron chi connectivity index (χ3n) is 1.28. The Bertz CT molecular complexity index is 210. The van der Waals surface area contributed by atoms with Gasteiger partial charge in [0, 0.05) is 8.04 Å². The van der Waals surface area contributed by atoms with E-state index in [1.165, 1.54) is 5.56 Å². The second-order valence-electron chi connectivity index (χ2n) is 2.12. The molecule has 0 spiro atoms. The first-order valence-corrected chi connectivity index (χ1v) is 4.69. The van der Waals surface area contributed by atoms with Gasteiger partial charge in [0.15, 0.2) is 0 Å². The molecule has 10 heavy (non-hydrogen) atoms. The van der Waals surface area contributed by atoms with Crippen molar-refractivity contribution in [3.63, 3.8) is 0 Å². The molecule has 0 N–H and O–H groups in total. The molecule has 0 amide bonds. The Morgan fingerprint density at radius 3 is 2.60 bits per heavy atom. The van der Waals surface area contributed by atoms with Gasteiger partial charge in [-0.1, -0.05) is 27.5 Å². The van der Waals surface area contributed by atoms with E-state index in [0.717, 1.165) is 13.5 Å². The van der Waals surface area contributed by atoms with Gasteiger partial charge in [-0.15, -0.1) is 0 Å². The van der Waals surface area contributed by atoms with Crippen molar-refractivity contribution in [1.29, 1.82) is 0 Å². The van der Waals surface area contributed by atoms with E-state index in [2.05, 4.69) is 38.5 Å². The van der Waals surface area contributed by atoms with Crippen LogP contribution in [0.25, 0.3) is 0 Å². The van der Waals surface area contributed by atoms with Crippen molar-refractivity contribution in [2.45, 2.75) is 6.92 Å². The molecule has 0 saturated heterocycles. The Balaban J connectivity index is 3.28. The van der Waals surface area contributed by atoms with Crippen LogP contribution in [0.2, 0.25) is 0 Å². The summed E-state index contributed by atoms with van der Waals surface area (Å²) in [4.78, 5) is 0. The molecule has 0 aliphatic carbocycles. The summed E-state index contributed by atoms with van der Waals surface area (Å²) in [6, 6.07) is 3.98. The second kappa shape index (κ2) is 3.26. The van der Waals surface area contributed by atoms with Crippen molar-refractivity contribution in [2.75, 3.05) is 0 Å². The maximum absolute atomic E-state index is 5.66. The Morgan fingerprint density at radius 2 is 2.10 bits per heavy atom. The van der Waals surface area contributed by atoms with Gasteiger partial charge in [-0.05, 0) is 41.1 Å². The normalized spacial score (nSPS) is 9.90. The highest BCUT2D eigenvalue weighted by atomic mass is 127. The van der Waals surface area contributed by atoms with E-state index in [-0.39, 0.29) is 0 Å². The van der Waals surface area contributed by atoms with Gasteiger partial charge in [-0.2, -0.15) is 0 Å². The summed E-state index contributed by atoms with van der Waals surface area (Å²) >= 11 is 5.63. The predicted molar refractivity (Wildman–Crippen MR) is 57.0 cm³/mol. The zero-order valence-corrected chi connectivity index (χ0v) is 9.23. The summed E-state index contributed by atoms with van der Waals surface area (Å²) < 4.78 is 2.21. The minimum atomic E-state index is 0.848. The van der Waals surface area contributed by atoms with Gasteiger partial charge < -0.3 is 0 Å². The molecule has 2 radical (unpaired) electrons. The summed E-state index contributed by atoms with van der Waals surface area (Å²) in [5.74, 6) is 0. The molecule has 1 rings (SSSR count). The summed E-state index contributed by atoms with van der Waals surface area (Å²) in [5, 5.41) is 0.